The molecule has 3 heterocycles. The third-order valence-corrected chi connectivity index (χ3v) is 4.85. The van der Waals surface area contributed by atoms with Gasteiger partial charge in [-0.15, -0.1) is 0 Å². The summed E-state index contributed by atoms with van der Waals surface area (Å²) in [7, 11) is 0. The van der Waals surface area contributed by atoms with Gasteiger partial charge in [0.05, 0.1) is 30.0 Å². The van der Waals surface area contributed by atoms with E-state index in [9.17, 15) is 4.79 Å². The number of fused-ring (bicyclic) bond motifs is 2. The normalized spacial score (nSPS) is 17.2. The molecule has 0 saturated heterocycles. The molecular weight excluding hydrogens is 278 g/mol. The van der Waals surface area contributed by atoms with Crippen molar-refractivity contribution >= 4 is 5.91 Å². The standard InChI is InChI=1S/C16H21N5O/c22-16(21-8-7-14-15(9-21)18-10-17-14)6-5-13-11-3-1-2-4-12(11)19-20-13/h10H,1-9H2,(H,17,18)(H,19,20). The van der Waals surface area contributed by atoms with E-state index in [2.05, 4.69) is 20.2 Å². The van der Waals surface area contributed by atoms with Crippen LogP contribution in [0, 0.1) is 0 Å². The van der Waals surface area contributed by atoms with E-state index in [1.165, 1.54) is 24.1 Å². The van der Waals surface area contributed by atoms with Crippen LogP contribution in [0.15, 0.2) is 6.33 Å². The van der Waals surface area contributed by atoms with Gasteiger partial charge in [-0.05, 0) is 31.2 Å². The quantitative estimate of drug-likeness (QED) is 0.902. The van der Waals surface area contributed by atoms with Crippen LogP contribution in [0.1, 0.15) is 47.6 Å². The van der Waals surface area contributed by atoms with Crippen LogP contribution in [0.3, 0.4) is 0 Å². The number of aromatic nitrogens is 4. The molecule has 0 saturated carbocycles. The van der Waals surface area contributed by atoms with Gasteiger partial charge < -0.3 is 9.88 Å². The van der Waals surface area contributed by atoms with Gasteiger partial charge in [-0.2, -0.15) is 5.10 Å². The lowest BCUT2D eigenvalue weighted by atomic mass is 9.94. The summed E-state index contributed by atoms with van der Waals surface area (Å²) >= 11 is 0. The fourth-order valence-corrected chi connectivity index (χ4v) is 3.57. The fraction of sp³-hybridized carbons (Fsp3) is 0.562. The van der Waals surface area contributed by atoms with Crippen LogP contribution in [0.5, 0.6) is 0 Å². The summed E-state index contributed by atoms with van der Waals surface area (Å²) in [4.78, 5) is 21.8. The Bertz CT molecular complexity index is 687. The van der Waals surface area contributed by atoms with Crippen molar-refractivity contribution in [2.45, 2.75) is 51.5 Å². The molecule has 0 atom stereocenters. The number of amides is 1. The summed E-state index contributed by atoms with van der Waals surface area (Å²) in [5.74, 6) is 0.216. The number of hydrogen-bond donors (Lipinski definition) is 2. The van der Waals surface area contributed by atoms with Crippen molar-refractivity contribution in [1.29, 1.82) is 0 Å². The average Bonchev–Trinajstić information content (AvgIpc) is 3.18. The van der Waals surface area contributed by atoms with Gasteiger partial charge in [-0.3, -0.25) is 9.89 Å². The Morgan fingerprint density at radius 3 is 3.09 bits per heavy atom. The zero-order valence-corrected chi connectivity index (χ0v) is 12.7. The predicted octanol–water partition coefficient (Wildman–Crippen LogP) is 1.53. The van der Waals surface area contributed by atoms with Gasteiger partial charge in [-0.1, -0.05) is 0 Å². The predicted molar refractivity (Wildman–Crippen MR) is 81.3 cm³/mol. The Kier molecular flexibility index (Phi) is 3.44. The van der Waals surface area contributed by atoms with E-state index in [0.29, 0.717) is 13.0 Å². The number of rotatable bonds is 3. The maximum Gasteiger partial charge on any atom is 0.223 e. The van der Waals surface area contributed by atoms with Crippen LogP contribution in [0.25, 0.3) is 0 Å². The molecule has 1 aliphatic heterocycles. The number of carbonyl (C=O) groups excluding carboxylic acids is 1. The summed E-state index contributed by atoms with van der Waals surface area (Å²) in [6.45, 7) is 1.43. The van der Waals surface area contributed by atoms with Crippen LogP contribution in [0.2, 0.25) is 0 Å². The summed E-state index contributed by atoms with van der Waals surface area (Å²) in [5.41, 5.74) is 5.94. The van der Waals surface area contributed by atoms with Crippen molar-refractivity contribution in [3.63, 3.8) is 0 Å². The van der Waals surface area contributed by atoms with Crippen LogP contribution in [-0.2, 0) is 37.0 Å². The molecule has 0 aromatic carbocycles. The smallest absolute Gasteiger partial charge is 0.223 e. The summed E-state index contributed by atoms with van der Waals surface area (Å²) in [5, 5.41) is 7.58. The zero-order valence-electron chi connectivity index (χ0n) is 12.7. The number of H-pyrrole nitrogens is 2. The molecule has 116 valence electrons. The van der Waals surface area contributed by atoms with E-state index in [0.717, 1.165) is 49.3 Å². The van der Waals surface area contributed by atoms with E-state index in [1.54, 1.807) is 6.33 Å². The minimum atomic E-state index is 0.216. The van der Waals surface area contributed by atoms with Gasteiger partial charge in [0.25, 0.3) is 0 Å². The SMILES string of the molecule is O=C(CCc1n[nH]c2c1CCCC2)N1CCc2nc[nH]c2C1. The lowest BCUT2D eigenvalue weighted by Crippen LogP contribution is -2.36. The van der Waals surface area contributed by atoms with Gasteiger partial charge in [0.15, 0.2) is 0 Å². The number of nitrogens with one attached hydrogen (secondary N) is 2. The summed E-state index contributed by atoms with van der Waals surface area (Å²) < 4.78 is 0. The Labute approximate surface area is 129 Å². The minimum Gasteiger partial charge on any atom is -0.347 e. The molecule has 1 amide bonds. The van der Waals surface area contributed by atoms with E-state index in [4.69, 9.17) is 0 Å². The van der Waals surface area contributed by atoms with Crippen LogP contribution < -0.4 is 0 Å². The van der Waals surface area contributed by atoms with Gasteiger partial charge >= 0.3 is 0 Å². The van der Waals surface area contributed by atoms with E-state index in [-0.39, 0.29) is 5.91 Å². The van der Waals surface area contributed by atoms with Crippen LogP contribution in [-0.4, -0.2) is 37.5 Å². The molecule has 0 unspecified atom stereocenters. The Hall–Kier alpha value is -2.11. The third kappa shape index (κ3) is 2.42. The number of nitrogens with zero attached hydrogens (tertiary/aromatic N) is 3. The van der Waals surface area contributed by atoms with Gasteiger partial charge in [0, 0.05) is 31.5 Å². The van der Waals surface area contributed by atoms with Gasteiger partial charge in [-0.25, -0.2) is 4.98 Å². The second kappa shape index (κ2) is 5.59. The zero-order chi connectivity index (χ0) is 14.9. The molecular formula is C16H21N5O. The second-order valence-corrected chi connectivity index (χ2v) is 6.23. The van der Waals surface area contributed by atoms with Crippen molar-refractivity contribution in [2.24, 2.45) is 0 Å². The van der Waals surface area contributed by atoms with Gasteiger partial charge in [0.1, 0.15) is 0 Å². The van der Waals surface area contributed by atoms with Crippen molar-refractivity contribution in [1.82, 2.24) is 25.1 Å². The highest BCUT2D eigenvalue weighted by atomic mass is 16.2. The number of hydrogen-bond acceptors (Lipinski definition) is 3. The topological polar surface area (TPSA) is 77.7 Å². The van der Waals surface area contributed by atoms with E-state index < -0.39 is 0 Å². The molecule has 1 aliphatic carbocycles. The van der Waals surface area contributed by atoms with E-state index >= 15 is 0 Å². The number of aromatic amines is 2. The largest absolute Gasteiger partial charge is 0.347 e. The maximum absolute atomic E-state index is 12.4. The minimum absolute atomic E-state index is 0.216. The fourth-order valence-electron chi connectivity index (χ4n) is 3.57. The number of carbonyl (C=O) groups is 1. The molecule has 2 N–H and O–H groups in total. The molecule has 4 rings (SSSR count). The molecule has 0 spiro atoms. The van der Waals surface area contributed by atoms with Crippen LogP contribution >= 0.6 is 0 Å². The maximum atomic E-state index is 12.4. The second-order valence-electron chi connectivity index (χ2n) is 6.23. The number of aryl methyl sites for hydroxylation is 2. The first-order chi connectivity index (χ1) is 10.8. The van der Waals surface area contributed by atoms with E-state index in [1.807, 2.05) is 4.90 Å². The van der Waals surface area contributed by atoms with Gasteiger partial charge in [0.2, 0.25) is 5.91 Å². The third-order valence-electron chi connectivity index (χ3n) is 4.85. The monoisotopic (exact) mass is 299 g/mol. The molecule has 2 aliphatic rings. The molecule has 2 aromatic heterocycles. The first kappa shape index (κ1) is 13.5. The molecule has 6 nitrogen and oxygen atoms in total. The molecule has 6 heteroatoms. The molecule has 0 fully saturated rings. The number of imidazole rings is 1. The lowest BCUT2D eigenvalue weighted by molar-refractivity contribution is -0.132. The highest BCUT2D eigenvalue weighted by Gasteiger charge is 2.23. The molecule has 0 bridgehead atoms. The summed E-state index contributed by atoms with van der Waals surface area (Å²) in [6.07, 6.45) is 8.55. The Morgan fingerprint density at radius 2 is 2.14 bits per heavy atom. The first-order valence-corrected chi connectivity index (χ1v) is 8.15. The van der Waals surface area contributed by atoms with Crippen molar-refractivity contribution in [3.8, 4) is 0 Å². The highest BCUT2D eigenvalue weighted by molar-refractivity contribution is 5.76. The van der Waals surface area contributed by atoms with Crippen LogP contribution in [0.4, 0.5) is 0 Å². The summed E-state index contributed by atoms with van der Waals surface area (Å²) in [6, 6.07) is 0. The lowest BCUT2D eigenvalue weighted by Gasteiger charge is -2.26. The van der Waals surface area contributed by atoms with Crippen molar-refractivity contribution in [2.75, 3.05) is 6.54 Å². The first-order valence-electron chi connectivity index (χ1n) is 8.15. The van der Waals surface area contributed by atoms with Crippen molar-refractivity contribution < 1.29 is 4.79 Å². The van der Waals surface area contributed by atoms with Crippen molar-refractivity contribution in [3.05, 3.63) is 34.7 Å². The average molecular weight is 299 g/mol. The molecule has 2 aromatic rings. The highest BCUT2D eigenvalue weighted by Crippen LogP contribution is 2.23. The Balaban J connectivity index is 1.38. The molecule has 22 heavy (non-hydrogen) atoms. The molecule has 0 radical (unpaired) electrons. The Morgan fingerprint density at radius 1 is 1.23 bits per heavy atom.